The number of pyridine rings is 1. The summed E-state index contributed by atoms with van der Waals surface area (Å²) in [5.74, 6) is 0. The maximum atomic E-state index is 5.06. The van der Waals surface area contributed by atoms with Crippen molar-refractivity contribution in [2.75, 3.05) is 0 Å². The van der Waals surface area contributed by atoms with Crippen LogP contribution in [0.2, 0.25) is 0 Å². The number of benzene rings is 3. The number of aromatic nitrogens is 1. The summed E-state index contributed by atoms with van der Waals surface area (Å²) in [7, 11) is 0. The third-order valence-electron chi connectivity index (χ3n) is 4.98. The molecule has 0 saturated heterocycles. The largest absolute Gasteiger partial charge is 0.247 e. The molecule has 1 aromatic heterocycles. The molecule has 3 aromatic carbocycles. The molecule has 1 aliphatic carbocycles. The van der Waals surface area contributed by atoms with Gasteiger partial charge in [-0.3, -0.25) is 0 Å². The van der Waals surface area contributed by atoms with E-state index in [1.807, 2.05) is 12.1 Å². The third kappa shape index (κ3) is 2.21. The fourth-order valence-corrected chi connectivity index (χ4v) is 3.74. The second kappa shape index (κ2) is 5.82. The van der Waals surface area contributed by atoms with Crippen LogP contribution in [0.3, 0.4) is 0 Å². The van der Waals surface area contributed by atoms with Gasteiger partial charge in [0.1, 0.15) is 0 Å². The van der Waals surface area contributed by atoms with Gasteiger partial charge in [0.25, 0.3) is 0 Å². The molecule has 1 nitrogen and oxygen atoms in total. The van der Waals surface area contributed by atoms with E-state index < -0.39 is 0 Å². The van der Waals surface area contributed by atoms with Crippen molar-refractivity contribution in [1.82, 2.24) is 4.98 Å². The second-order valence-electron chi connectivity index (χ2n) is 6.53. The molecule has 26 heavy (non-hydrogen) atoms. The lowest BCUT2D eigenvalue weighted by Gasteiger charge is -2.12. The fourth-order valence-electron chi connectivity index (χ4n) is 3.74. The maximum absolute atomic E-state index is 5.06. The summed E-state index contributed by atoms with van der Waals surface area (Å²) in [4.78, 5) is 5.06. The van der Waals surface area contributed by atoms with Crippen molar-refractivity contribution in [3.05, 3.63) is 109 Å². The first-order valence-corrected chi connectivity index (χ1v) is 8.78. The monoisotopic (exact) mass is 331 g/mol. The number of hydrogen-bond acceptors (Lipinski definition) is 1. The molecule has 0 bridgehead atoms. The van der Waals surface area contributed by atoms with Crippen molar-refractivity contribution < 1.29 is 0 Å². The highest BCUT2D eigenvalue weighted by Crippen LogP contribution is 2.48. The van der Waals surface area contributed by atoms with Gasteiger partial charge in [-0.2, -0.15) is 0 Å². The van der Waals surface area contributed by atoms with Gasteiger partial charge in [-0.15, -0.1) is 0 Å². The number of rotatable bonds is 2. The number of hydrogen-bond donors (Lipinski definition) is 0. The lowest BCUT2D eigenvalue weighted by Crippen LogP contribution is -1.94. The molecular weight excluding hydrogens is 314 g/mol. The highest BCUT2D eigenvalue weighted by atomic mass is 14.7. The molecule has 0 aliphatic heterocycles. The molecule has 0 saturated carbocycles. The smallest absolute Gasteiger partial charge is 0.0794 e. The molecule has 0 amide bonds. The normalized spacial score (nSPS) is 11.9. The van der Waals surface area contributed by atoms with E-state index in [1.54, 1.807) is 0 Å². The SMILES string of the molecule is C=C1c2ccccc2-c2cc(-c3ccccc3)nc(-c3ccccc3)c21. The highest BCUT2D eigenvalue weighted by molar-refractivity contribution is 6.05. The topological polar surface area (TPSA) is 12.9 Å². The van der Waals surface area contributed by atoms with Crippen LogP contribution in [0.15, 0.2) is 97.6 Å². The average Bonchev–Trinajstić information content (AvgIpc) is 3.01. The Morgan fingerprint density at radius 1 is 0.577 bits per heavy atom. The predicted octanol–water partition coefficient (Wildman–Crippen LogP) is 6.46. The molecule has 0 atom stereocenters. The summed E-state index contributed by atoms with van der Waals surface area (Å²) >= 11 is 0. The summed E-state index contributed by atoms with van der Waals surface area (Å²) in [5.41, 5.74) is 10.1. The summed E-state index contributed by atoms with van der Waals surface area (Å²) in [6, 6.07) is 31.4. The van der Waals surface area contributed by atoms with Gasteiger partial charge in [0.15, 0.2) is 0 Å². The van der Waals surface area contributed by atoms with Gasteiger partial charge in [0.2, 0.25) is 0 Å². The van der Waals surface area contributed by atoms with E-state index in [0.717, 1.165) is 33.7 Å². The Labute approximate surface area is 153 Å². The average molecular weight is 331 g/mol. The van der Waals surface area contributed by atoms with Crippen molar-refractivity contribution in [3.8, 4) is 33.6 Å². The number of nitrogens with zero attached hydrogens (tertiary/aromatic N) is 1. The van der Waals surface area contributed by atoms with Crippen molar-refractivity contribution in [3.63, 3.8) is 0 Å². The Balaban J connectivity index is 1.85. The molecule has 122 valence electrons. The first-order chi connectivity index (χ1) is 12.8. The lowest BCUT2D eigenvalue weighted by molar-refractivity contribution is 1.31. The minimum absolute atomic E-state index is 0.993. The second-order valence-corrected chi connectivity index (χ2v) is 6.53. The van der Waals surface area contributed by atoms with Crippen LogP contribution < -0.4 is 0 Å². The van der Waals surface area contributed by atoms with Crippen molar-refractivity contribution in [2.24, 2.45) is 0 Å². The van der Waals surface area contributed by atoms with Crippen LogP contribution in [0.4, 0.5) is 0 Å². The first-order valence-electron chi connectivity index (χ1n) is 8.78. The van der Waals surface area contributed by atoms with Crippen LogP contribution >= 0.6 is 0 Å². The molecule has 4 aromatic rings. The summed E-state index contributed by atoms with van der Waals surface area (Å²) in [6.45, 7) is 4.39. The molecular formula is C25H17N. The van der Waals surface area contributed by atoms with Crippen molar-refractivity contribution >= 4 is 5.57 Å². The van der Waals surface area contributed by atoms with E-state index >= 15 is 0 Å². The maximum Gasteiger partial charge on any atom is 0.0794 e. The van der Waals surface area contributed by atoms with Crippen molar-refractivity contribution in [2.45, 2.75) is 0 Å². The zero-order valence-corrected chi connectivity index (χ0v) is 14.3. The van der Waals surface area contributed by atoms with Crippen LogP contribution in [-0.4, -0.2) is 4.98 Å². The van der Waals surface area contributed by atoms with Crippen LogP contribution in [0.25, 0.3) is 39.2 Å². The minimum atomic E-state index is 0.993. The highest BCUT2D eigenvalue weighted by Gasteiger charge is 2.26. The Morgan fingerprint density at radius 2 is 1.15 bits per heavy atom. The lowest BCUT2D eigenvalue weighted by atomic mass is 9.97. The van der Waals surface area contributed by atoms with E-state index in [1.165, 1.54) is 16.7 Å². The molecule has 1 heterocycles. The van der Waals surface area contributed by atoms with E-state index in [9.17, 15) is 0 Å². The zero-order chi connectivity index (χ0) is 17.5. The van der Waals surface area contributed by atoms with Crippen LogP contribution in [0.5, 0.6) is 0 Å². The Kier molecular flexibility index (Phi) is 3.32. The van der Waals surface area contributed by atoms with Gasteiger partial charge in [-0.1, -0.05) is 91.5 Å². The van der Waals surface area contributed by atoms with Gasteiger partial charge in [-0.05, 0) is 28.3 Å². The van der Waals surface area contributed by atoms with Gasteiger partial charge >= 0.3 is 0 Å². The quantitative estimate of drug-likeness (QED) is 0.362. The summed E-state index contributed by atoms with van der Waals surface area (Å²) < 4.78 is 0. The van der Waals surface area contributed by atoms with E-state index in [2.05, 4.69) is 85.4 Å². The number of fused-ring (bicyclic) bond motifs is 3. The molecule has 1 aliphatic rings. The molecule has 0 fully saturated rings. The molecule has 5 rings (SSSR count). The summed E-state index contributed by atoms with van der Waals surface area (Å²) in [5, 5.41) is 0. The van der Waals surface area contributed by atoms with E-state index in [4.69, 9.17) is 4.98 Å². The van der Waals surface area contributed by atoms with Crippen LogP contribution in [0.1, 0.15) is 11.1 Å². The van der Waals surface area contributed by atoms with Crippen LogP contribution in [0, 0.1) is 0 Å². The molecule has 0 radical (unpaired) electrons. The summed E-state index contributed by atoms with van der Waals surface area (Å²) in [6.07, 6.45) is 0. The minimum Gasteiger partial charge on any atom is -0.247 e. The van der Waals surface area contributed by atoms with Gasteiger partial charge in [0.05, 0.1) is 11.4 Å². The Hall–Kier alpha value is -3.45. The fraction of sp³-hybridized carbons (Fsp3) is 0. The van der Waals surface area contributed by atoms with Crippen molar-refractivity contribution in [1.29, 1.82) is 0 Å². The molecule has 0 N–H and O–H groups in total. The predicted molar refractivity (Wildman–Crippen MR) is 109 cm³/mol. The molecule has 0 spiro atoms. The van der Waals surface area contributed by atoms with Gasteiger partial charge in [0, 0.05) is 16.7 Å². The molecule has 0 unspecified atom stereocenters. The third-order valence-corrected chi connectivity index (χ3v) is 4.98. The van der Waals surface area contributed by atoms with Gasteiger partial charge < -0.3 is 0 Å². The first kappa shape index (κ1) is 14.9. The Morgan fingerprint density at radius 3 is 1.85 bits per heavy atom. The standard InChI is InChI=1S/C25H17N/c1-17-20-14-8-9-15-21(20)22-16-23(18-10-4-2-5-11-18)26-25(24(17)22)19-12-6-3-7-13-19/h2-16H,1H2. The van der Waals surface area contributed by atoms with Crippen LogP contribution in [-0.2, 0) is 0 Å². The zero-order valence-electron chi connectivity index (χ0n) is 14.3. The van der Waals surface area contributed by atoms with Gasteiger partial charge in [-0.25, -0.2) is 4.98 Å². The molecule has 1 heteroatoms. The van der Waals surface area contributed by atoms with E-state index in [0.29, 0.717) is 0 Å². The Bertz CT molecular complexity index is 1130. The van der Waals surface area contributed by atoms with E-state index in [-0.39, 0.29) is 0 Å².